The van der Waals surface area contributed by atoms with Gasteiger partial charge < -0.3 is 20.3 Å². The molecular formula is C18H20F2N6O. The van der Waals surface area contributed by atoms with Crippen LogP contribution in [0.1, 0.15) is 19.3 Å². The lowest BCUT2D eigenvalue weighted by Gasteiger charge is -2.33. The smallest absolute Gasteiger partial charge is 0.387 e. The van der Waals surface area contributed by atoms with Crippen LogP contribution in [0.4, 0.5) is 26.4 Å². The lowest BCUT2D eigenvalue weighted by molar-refractivity contribution is -0.0494. The lowest BCUT2D eigenvalue weighted by Crippen LogP contribution is -2.38. The van der Waals surface area contributed by atoms with E-state index in [-0.39, 0.29) is 11.6 Å². The average molecular weight is 374 g/mol. The minimum Gasteiger partial charge on any atom is -0.431 e. The van der Waals surface area contributed by atoms with Crippen molar-refractivity contribution >= 4 is 17.6 Å². The monoisotopic (exact) mass is 374 g/mol. The van der Waals surface area contributed by atoms with E-state index in [1.54, 1.807) is 0 Å². The van der Waals surface area contributed by atoms with Gasteiger partial charge in [0.15, 0.2) is 11.6 Å². The van der Waals surface area contributed by atoms with Crippen LogP contribution in [0, 0.1) is 5.92 Å². The third-order valence-electron chi connectivity index (χ3n) is 5.64. The highest BCUT2D eigenvalue weighted by Gasteiger charge is 2.44. The minimum absolute atomic E-state index is 0.0725. The topological polar surface area (TPSA) is 80.4 Å². The number of aromatic nitrogens is 3. The number of nitrogen functional groups attached to an aromatic ring is 1. The second kappa shape index (κ2) is 6.17. The van der Waals surface area contributed by atoms with Crippen molar-refractivity contribution in [2.24, 2.45) is 5.92 Å². The Balaban J connectivity index is 1.54. The van der Waals surface area contributed by atoms with Crippen molar-refractivity contribution in [2.75, 3.05) is 35.2 Å². The van der Waals surface area contributed by atoms with Crippen LogP contribution >= 0.6 is 0 Å². The van der Waals surface area contributed by atoms with Crippen LogP contribution in [-0.2, 0) is 0 Å². The molecule has 2 N–H and O–H groups in total. The standard InChI is InChI=1S/C18H20F2N6O/c19-17(20)27-14-6-11(8-22-16(14)21)13-7-15(25-2-1-3-25)24-18(23-13)26-9-10-4-12(26)5-10/h6-8,10,12,17H,1-5,9H2,(H2,21,22). The molecule has 0 atom stereocenters. The predicted molar refractivity (Wildman–Crippen MR) is 97.0 cm³/mol. The molecule has 2 aromatic rings. The van der Waals surface area contributed by atoms with Crippen molar-refractivity contribution in [1.82, 2.24) is 15.0 Å². The van der Waals surface area contributed by atoms with E-state index in [1.807, 2.05) is 6.07 Å². The Morgan fingerprint density at radius 1 is 1.19 bits per heavy atom. The van der Waals surface area contributed by atoms with Gasteiger partial charge in [0, 0.05) is 43.5 Å². The zero-order valence-electron chi connectivity index (χ0n) is 14.7. The number of nitrogens with zero attached hydrogens (tertiary/aromatic N) is 5. The van der Waals surface area contributed by atoms with Crippen LogP contribution in [0.3, 0.4) is 0 Å². The zero-order valence-corrected chi connectivity index (χ0v) is 14.7. The second-order valence-electron chi connectivity index (χ2n) is 7.38. The number of pyridine rings is 1. The molecule has 1 saturated carbocycles. The number of alkyl halides is 2. The van der Waals surface area contributed by atoms with E-state index in [1.165, 1.54) is 25.1 Å². The van der Waals surface area contributed by atoms with Crippen molar-refractivity contribution in [3.8, 4) is 17.0 Å². The Morgan fingerprint density at radius 3 is 2.63 bits per heavy atom. The van der Waals surface area contributed by atoms with Gasteiger partial charge in [-0.3, -0.25) is 0 Å². The molecule has 5 heterocycles. The summed E-state index contributed by atoms with van der Waals surface area (Å²) in [6.07, 6.45) is 5.06. The van der Waals surface area contributed by atoms with Gasteiger partial charge in [0.2, 0.25) is 5.95 Å². The Hall–Kier alpha value is -2.71. The maximum absolute atomic E-state index is 12.6. The fourth-order valence-corrected chi connectivity index (χ4v) is 3.97. The minimum atomic E-state index is -2.96. The fourth-order valence-electron chi connectivity index (χ4n) is 3.97. The molecular weight excluding hydrogens is 354 g/mol. The summed E-state index contributed by atoms with van der Waals surface area (Å²) in [5.41, 5.74) is 6.88. The average Bonchev–Trinajstić information content (AvgIpc) is 3.15. The molecule has 2 bridgehead atoms. The SMILES string of the molecule is Nc1ncc(-c2cc(N3CCC3)nc(N3CC4CC3C4)n2)cc1OC(F)F. The number of anilines is 3. The van der Waals surface area contributed by atoms with Gasteiger partial charge in [0.05, 0.1) is 5.69 Å². The van der Waals surface area contributed by atoms with Gasteiger partial charge >= 0.3 is 6.61 Å². The highest BCUT2D eigenvalue weighted by Crippen LogP contribution is 2.43. The third-order valence-corrected chi connectivity index (χ3v) is 5.64. The van der Waals surface area contributed by atoms with Crippen molar-refractivity contribution in [2.45, 2.75) is 31.9 Å². The molecule has 4 fully saturated rings. The summed E-state index contributed by atoms with van der Waals surface area (Å²) in [7, 11) is 0. The van der Waals surface area contributed by atoms with Crippen LogP contribution in [-0.4, -0.2) is 47.2 Å². The van der Waals surface area contributed by atoms with Gasteiger partial charge in [-0.25, -0.2) is 9.97 Å². The molecule has 0 unspecified atom stereocenters. The largest absolute Gasteiger partial charge is 0.431 e. The summed E-state index contributed by atoms with van der Waals surface area (Å²) in [6, 6.07) is 3.85. The first-order valence-corrected chi connectivity index (χ1v) is 9.18. The van der Waals surface area contributed by atoms with Gasteiger partial charge in [-0.15, -0.1) is 0 Å². The van der Waals surface area contributed by atoms with Crippen molar-refractivity contribution < 1.29 is 13.5 Å². The normalized spacial score (nSPS) is 23.4. The molecule has 4 aliphatic rings. The highest BCUT2D eigenvalue weighted by molar-refractivity contribution is 5.68. The number of fused-ring (bicyclic) bond motifs is 1. The molecule has 7 nitrogen and oxygen atoms in total. The van der Waals surface area contributed by atoms with Crippen LogP contribution in [0.25, 0.3) is 11.3 Å². The molecule has 0 amide bonds. The van der Waals surface area contributed by atoms with E-state index in [0.717, 1.165) is 37.8 Å². The van der Waals surface area contributed by atoms with E-state index in [0.29, 0.717) is 23.2 Å². The molecule has 0 spiro atoms. The van der Waals surface area contributed by atoms with Crippen LogP contribution in [0.5, 0.6) is 5.75 Å². The fraction of sp³-hybridized carbons (Fsp3) is 0.500. The van der Waals surface area contributed by atoms with Crippen molar-refractivity contribution in [3.63, 3.8) is 0 Å². The number of nitrogens with two attached hydrogens (primary N) is 1. The molecule has 2 aromatic heterocycles. The number of ether oxygens (including phenoxy) is 1. The molecule has 6 rings (SSSR count). The predicted octanol–water partition coefficient (Wildman–Crippen LogP) is 2.53. The summed E-state index contributed by atoms with van der Waals surface area (Å²) in [4.78, 5) is 17.9. The lowest BCUT2D eigenvalue weighted by atomic mass is 9.86. The van der Waals surface area contributed by atoms with E-state index in [2.05, 4.69) is 19.5 Å². The maximum Gasteiger partial charge on any atom is 0.387 e. The maximum atomic E-state index is 12.6. The van der Waals surface area contributed by atoms with Gasteiger partial charge in [-0.2, -0.15) is 13.8 Å². The first-order chi connectivity index (χ1) is 13.1. The van der Waals surface area contributed by atoms with E-state index in [4.69, 9.17) is 15.7 Å². The van der Waals surface area contributed by atoms with Crippen LogP contribution in [0.2, 0.25) is 0 Å². The highest BCUT2D eigenvalue weighted by atomic mass is 19.3. The number of halogens is 2. The Morgan fingerprint density at radius 2 is 2.00 bits per heavy atom. The zero-order chi connectivity index (χ0) is 18.5. The van der Waals surface area contributed by atoms with Gasteiger partial charge in [0.25, 0.3) is 0 Å². The molecule has 142 valence electrons. The van der Waals surface area contributed by atoms with Crippen molar-refractivity contribution in [1.29, 1.82) is 0 Å². The first kappa shape index (κ1) is 16.5. The molecule has 3 saturated heterocycles. The van der Waals surface area contributed by atoms with Crippen LogP contribution < -0.4 is 20.3 Å². The third kappa shape index (κ3) is 2.90. The molecule has 0 aromatic carbocycles. The second-order valence-corrected chi connectivity index (χ2v) is 7.38. The van der Waals surface area contributed by atoms with E-state index in [9.17, 15) is 8.78 Å². The van der Waals surface area contributed by atoms with Gasteiger partial charge in [-0.1, -0.05) is 0 Å². The summed E-state index contributed by atoms with van der Waals surface area (Å²) >= 11 is 0. The van der Waals surface area contributed by atoms with Crippen molar-refractivity contribution in [3.05, 3.63) is 18.3 Å². The number of hydrogen-bond donors (Lipinski definition) is 1. The molecule has 9 heteroatoms. The molecule has 1 aliphatic carbocycles. The van der Waals surface area contributed by atoms with Gasteiger partial charge in [0.1, 0.15) is 5.82 Å². The number of rotatable bonds is 5. The van der Waals surface area contributed by atoms with E-state index < -0.39 is 6.61 Å². The summed E-state index contributed by atoms with van der Waals surface area (Å²) in [6.45, 7) is -0.0604. The van der Waals surface area contributed by atoms with Crippen LogP contribution in [0.15, 0.2) is 18.3 Å². The summed E-state index contributed by atoms with van der Waals surface area (Å²) < 4.78 is 29.7. The summed E-state index contributed by atoms with van der Waals surface area (Å²) in [5, 5.41) is 0. The molecule has 0 radical (unpaired) electrons. The van der Waals surface area contributed by atoms with Gasteiger partial charge in [-0.05, 0) is 31.2 Å². The Kier molecular flexibility index (Phi) is 3.76. The quantitative estimate of drug-likeness (QED) is 0.861. The van der Waals surface area contributed by atoms with E-state index >= 15 is 0 Å². The summed E-state index contributed by atoms with van der Waals surface area (Å²) in [5.74, 6) is 2.08. The Labute approximate surface area is 155 Å². The number of hydrogen-bond acceptors (Lipinski definition) is 7. The molecule has 3 aliphatic heterocycles. The molecule has 27 heavy (non-hydrogen) atoms. The Bertz CT molecular complexity index is 869. The first-order valence-electron chi connectivity index (χ1n) is 9.18.